The number of hydrogen-bond donors (Lipinski definition) is 2. The highest BCUT2D eigenvalue weighted by Crippen LogP contribution is 2.30. The first-order valence-corrected chi connectivity index (χ1v) is 8.04. The van der Waals surface area contributed by atoms with Crippen molar-refractivity contribution in [2.75, 3.05) is 45.3 Å². The topological polar surface area (TPSA) is 48.9 Å². The highest BCUT2D eigenvalue weighted by atomic mass is 127. The van der Waals surface area contributed by atoms with E-state index in [1.807, 2.05) is 0 Å². The molecule has 0 spiro atoms. The van der Waals surface area contributed by atoms with Crippen LogP contribution < -0.4 is 15.5 Å². The van der Waals surface area contributed by atoms with Crippen LogP contribution >= 0.6 is 24.0 Å². The van der Waals surface area contributed by atoms with E-state index >= 15 is 0 Å². The number of rotatable bonds is 7. The largest absolute Gasteiger partial charge is 0.385 e. The molecule has 1 atom stereocenters. The maximum atomic E-state index is 5.04. The molecular formula is C17H29IN4O. The van der Waals surface area contributed by atoms with Crippen molar-refractivity contribution in [1.29, 1.82) is 0 Å². The summed E-state index contributed by atoms with van der Waals surface area (Å²) in [7, 11) is 3.53. The van der Waals surface area contributed by atoms with E-state index in [4.69, 9.17) is 4.74 Å². The molecule has 0 bridgehead atoms. The minimum atomic E-state index is 0. The van der Waals surface area contributed by atoms with Crippen LogP contribution in [0.3, 0.4) is 0 Å². The Morgan fingerprint density at radius 3 is 2.78 bits per heavy atom. The normalized spacial score (nSPS) is 16.7. The average Bonchev–Trinajstić information content (AvgIpc) is 2.85. The van der Waals surface area contributed by atoms with Gasteiger partial charge in [0.1, 0.15) is 0 Å². The van der Waals surface area contributed by atoms with Gasteiger partial charge in [-0.2, -0.15) is 0 Å². The van der Waals surface area contributed by atoms with E-state index in [9.17, 15) is 0 Å². The molecule has 23 heavy (non-hydrogen) atoms. The van der Waals surface area contributed by atoms with E-state index in [2.05, 4.69) is 51.7 Å². The number of halogens is 1. The van der Waals surface area contributed by atoms with Gasteiger partial charge in [0, 0.05) is 52.1 Å². The van der Waals surface area contributed by atoms with Gasteiger partial charge in [0.05, 0.1) is 0 Å². The van der Waals surface area contributed by atoms with Crippen molar-refractivity contribution in [3.63, 3.8) is 0 Å². The minimum Gasteiger partial charge on any atom is -0.385 e. The number of ether oxygens (including phenoxy) is 1. The molecule has 1 unspecified atom stereocenters. The summed E-state index contributed by atoms with van der Waals surface area (Å²) in [6.45, 7) is 5.79. The van der Waals surface area contributed by atoms with E-state index < -0.39 is 0 Å². The molecule has 0 radical (unpaired) electrons. The molecule has 1 heterocycles. The van der Waals surface area contributed by atoms with Gasteiger partial charge in [-0.1, -0.05) is 18.2 Å². The van der Waals surface area contributed by atoms with Gasteiger partial charge in [0.15, 0.2) is 5.96 Å². The zero-order chi connectivity index (χ0) is 15.8. The Hall–Kier alpha value is -1.02. The maximum absolute atomic E-state index is 5.04. The molecule has 130 valence electrons. The van der Waals surface area contributed by atoms with E-state index in [1.165, 1.54) is 11.3 Å². The highest BCUT2D eigenvalue weighted by molar-refractivity contribution is 14.0. The summed E-state index contributed by atoms with van der Waals surface area (Å²) in [5.41, 5.74) is 2.83. The number of fused-ring (bicyclic) bond motifs is 1. The molecule has 0 aliphatic carbocycles. The predicted octanol–water partition coefficient (Wildman–Crippen LogP) is 2.26. The molecule has 6 heteroatoms. The fourth-order valence-corrected chi connectivity index (χ4v) is 2.91. The zero-order valence-electron chi connectivity index (χ0n) is 14.3. The van der Waals surface area contributed by atoms with E-state index in [-0.39, 0.29) is 24.0 Å². The van der Waals surface area contributed by atoms with Crippen LogP contribution in [0.2, 0.25) is 0 Å². The second-order valence-corrected chi connectivity index (χ2v) is 5.65. The second kappa shape index (κ2) is 10.7. The van der Waals surface area contributed by atoms with Gasteiger partial charge in [-0.3, -0.25) is 4.99 Å². The van der Waals surface area contributed by atoms with E-state index in [0.29, 0.717) is 6.04 Å². The van der Waals surface area contributed by atoms with Crippen LogP contribution in [0.15, 0.2) is 29.3 Å². The smallest absolute Gasteiger partial charge is 0.191 e. The number of nitrogens with one attached hydrogen (secondary N) is 2. The Balaban J connectivity index is 0.00000264. The quantitative estimate of drug-likeness (QED) is 0.301. The highest BCUT2D eigenvalue weighted by Gasteiger charge is 2.24. The van der Waals surface area contributed by atoms with Gasteiger partial charge in [-0.25, -0.2) is 0 Å². The predicted molar refractivity (Wildman–Crippen MR) is 108 cm³/mol. The van der Waals surface area contributed by atoms with Gasteiger partial charge in [0.2, 0.25) is 0 Å². The zero-order valence-corrected chi connectivity index (χ0v) is 16.7. The van der Waals surface area contributed by atoms with E-state index in [0.717, 1.165) is 45.0 Å². The third-order valence-electron chi connectivity index (χ3n) is 4.03. The van der Waals surface area contributed by atoms with Crippen molar-refractivity contribution in [1.82, 2.24) is 10.6 Å². The molecule has 1 aliphatic heterocycles. The molecule has 5 nitrogen and oxygen atoms in total. The van der Waals surface area contributed by atoms with Crippen LogP contribution in [-0.2, 0) is 11.2 Å². The summed E-state index contributed by atoms with van der Waals surface area (Å²) in [6, 6.07) is 9.26. The Bertz CT molecular complexity index is 495. The van der Waals surface area contributed by atoms with Crippen LogP contribution in [0.4, 0.5) is 5.69 Å². The van der Waals surface area contributed by atoms with Crippen LogP contribution in [0.1, 0.15) is 18.9 Å². The fraction of sp³-hybridized carbons (Fsp3) is 0.588. The van der Waals surface area contributed by atoms with Gasteiger partial charge in [-0.15, -0.1) is 24.0 Å². The summed E-state index contributed by atoms with van der Waals surface area (Å²) < 4.78 is 5.04. The molecular weight excluding hydrogens is 403 g/mol. The molecule has 0 fully saturated rings. The van der Waals surface area contributed by atoms with Crippen molar-refractivity contribution in [2.45, 2.75) is 25.8 Å². The van der Waals surface area contributed by atoms with Gasteiger partial charge in [-0.05, 0) is 31.4 Å². The number of methoxy groups -OCH3 is 1. The fourth-order valence-electron chi connectivity index (χ4n) is 2.91. The molecule has 1 aliphatic rings. The van der Waals surface area contributed by atoms with Crippen LogP contribution in [0.5, 0.6) is 0 Å². The summed E-state index contributed by atoms with van der Waals surface area (Å²) in [5.74, 6) is 0.858. The lowest BCUT2D eigenvalue weighted by Gasteiger charge is -2.25. The molecule has 1 aromatic carbocycles. The van der Waals surface area contributed by atoms with E-state index in [1.54, 1.807) is 14.2 Å². The Morgan fingerprint density at radius 1 is 1.30 bits per heavy atom. The maximum Gasteiger partial charge on any atom is 0.191 e. The lowest BCUT2D eigenvalue weighted by atomic mass is 10.1. The summed E-state index contributed by atoms with van der Waals surface area (Å²) >= 11 is 0. The number of anilines is 1. The van der Waals surface area contributed by atoms with Gasteiger partial charge < -0.3 is 20.3 Å². The Morgan fingerprint density at radius 2 is 2.04 bits per heavy atom. The molecule has 0 aromatic heterocycles. The van der Waals surface area contributed by atoms with Crippen molar-refractivity contribution in [3.05, 3.63) is 29.8 Å². The monoisotopic (exact) mass is 432 g/mol. The number of guanidine groups is 1. The Kier molecular flexibility index (Phi) is 9.31. The van der Waals surface area contributed by atoms with Crippen molar-refractivity contribution in [3.8, 4) is 0 Å². The molecule has 2 N–H and O–H groups in total. The summed E-state index contributed by atoms with van der Waals surface area (Å²) in [5, 5.41) is 6.68. The summed E-state index contributed by atoms with van der Waals surface area (Å²) in [6.07, 6.45) is 2.12. The minimum absolute atomic E-state index is 0. The first kappa shape index (κ1) is 20.0. The number of nitrogens with zero attached hydrogens (tertiary/aromatic N) is 2. The number of para-hydroxylation sites is 1. The third-order valence-corrected chi connectivity index (χ3v) is 4.03. The lowest BCUT2D eigenvalue weighted by Crippen LogP contribution is -2.43. The average molecular weight is 432 g/mol. The number of benzene rings is 1. The molecule has 0 saturated heterocycles. The summed E-state index contributed by atoms with van der Waals surface area (Å²) in [4.78, 5) is 6.72. The first-order chi connectivity index (χ1) is 10.8. The van der Waals surface area contributed by atoms with Crippen molar-refractivity contribution < 1.29 is 4.74 Å². The molecule has 0 saturated carbocycles. The number of aliphatic imine (C=N–C) groups is 1. The number of hydrogen-bond acceptors (Lipinski definition) is 3. The third kappa shape index (κ3) is 5.84. The SMILES string of the molecule is CN=C(NCCCOC)NCCN1c2ccccc2CC1C.I. The van der Waals surface area contributed by atoms with Gasteiger partial charge in [0.25, 0.3) is 0 Å². The van der Waals surface area contributed by atoms with Crippen molar-refractivity contribution in [2.24, 2.45) is 4.99 Å². The first-order valence-electron chi connectivity index (χ1n) is 8.04. The van der Waals surface area contributed by atoms with Crippen LogP contribution in [0.25, 0.3) is 0 Å². The molecule has 0 amide bonds. The van der Waals surface area contributed by atoms with Crippen LogP contribution in [-0.4, -0.2) is 52.4 Å². The second-order valence-electron chi connectivity index (χ2n) is 5.65. The molecule has 1 aromatic rings. The Labute approximate surface area is 156 Å². The standard InChI is InChI=1S/C17H28N4O.HI/c1-14-13-15-7-4-5-8-16(15)21(14)11-10-20-17(18-2)19-9-6-12-22-3;/h4-5,7-8,14H,6,9-13H2,1-3H3,(H2,18,19,20);1H. The van der Waals surface area contributed by atoms with Crippen molar-refractivity contribution >= 4 is 35.6 Å². The molecule has 2 rings (SSSR count). The van der Waals surface area contributed by atoms with Gasteiger partial charge >= 0.3 is 0 Å². The lowest BCUT2D eigenvalue weighted by molar-refractivity contribution is 0.195. The van der Waals surface area contributed by atoms with Crippen LogP contribution in [0, 0.1) is 0 Å².